The summed E-state index contributed by atoms with van der Waals surface area (Å²) < 4.78 is 5.54. The highest BCUT2D eigenvalue weighted by Gasteiger charge is 2.08. The number of hydrogen-bond acceptors (Lipinski definition) is 3. The summed E-state index contributed by atoms with van der Waals surface area (Å²) in [4.78, 5) is 16.2. The Balaban J connectivity index is 1.99. The summed E-state index contributed by atoms with van der Waals surface area (Å²) in [5, 5.41) is 10.1. The van der Waals surface area contributed by atoms with E-state index < -0.39 is 0 Å². The standard InChI is InChI=1S/C22H29ClN4O2/c1-4-24-21(28)15-29-20-8-6-7-17(13-20)14-26-22(25-5-2)27-16(3)18-9-11-19(23)12-10-18/h6-13,16H,4-5,14-15H2,1-3H3,(H,24,28)(H2,25,26,27). The average Bonchev–Trinajstić information content (AvgIpc) is 2.71. The number of carbonyl (C=O) groups excluding carboxylic acids is 1. The molecule has 0 fully saturated rings. The SMILES string of the molecule is CCNC(=O)COc1cccc(CN=C(NCC)NC(C)c2ccc(Cl)cc2)c1. The second kappa shape index (κ2) is 12.0. The van der Waals surface area contributed by atoms with E-state index in [-0.39, 0.29) is 18.6 Å². The molecule has 7 heteroatoms. The van der Waals surface area contributed by atoms with Crippen LogP contribution in [-0.2, 0) is 11.3 Å². The van der Waals surface area contributed by atoms with Crippen LogP contribution in [0.2, 0.25) is 5.02 Å². The van der Waals surface area contributed by atoms with Crippen LogP contribution in [-0.4, -0.2) is 31.6 Å². The number of rotatable bonds is 9. The van der Waals surface area contributed by atoms with Gasteiger partial charge in [-0.05, 0) is 56.2 Å². The number of hydrogen-bond donors (Lipinski definition) is 3. The zero-order valence-corrected chi connectivity index (χ0v) is 17.9. The maximum atomic E-state index is 11.5. The number of guanidine groups is 1. The minimum absolute atomic E-state index is 0.00334. The maximum absolute atomic E-state index is 11.5. The molecule has 1 unspecified atom stereocenters. The molecule has 0 aliphatic heterocycles. The Morgan fingerprint density at radius 3 is 2.52 bits per heavy atom. The molecule has 1 amide bonds. The van der Waals surface area contributed by atoms with Gasteiger partial charge in [0.1, 0.15) is 5.75 Å². The second-order valence-electron chi connectivity index (χ2n) is 6.50. The van der Waals surface area contributed by atoms with Crippen LogP contribution in [0.3, 0.4) is 0 Å². The Labute approximate surface area is 177 Å². The summed E-state index contributed by atoms with van der Waals surface area (Å²) >= 11 is 5.97. The number of ether oxygens (including phenoxy) is 1. The Hall–Kier alpha value is -2.73. The zero-order valence-electron chi connectivity index (χ0n) is 17.2. The Bertz CT molecular complexity index is 809. The average molecular weight is 417 g/mol. The quantitative estimate of drug-likeness (QED) is 0.430. The molecule has 0 aliphatic rings. The molecule has 2 aromatic rings. The fourth-order valence-corrected chi connectivity index (χ4v) is 2.79. The van der Waals surface area contributed by atoms with Crippen molar-refractivity contribution >= 4 is 23.5 Å². The highest BCUT2D eigenvalue weighted by atomic mass is 35.5. The van der Waals surface area contributed by atoms with Gasteiger partial charge in [0.15, 0.2) is 12.6 Å². The predicted molar refractivity (Wildman–Crippen MR) is 118 cm³/mol. The van der Waals surface area contributed by atoms with Crippen molar-refractivity contribution in [2.45, 2.75) is 33.4 Å². The molecule has 156 valence electrons. The lowest BCUT2D eigenvalue weighted by Gasteiger charge is -2.18. The molecule has 0 saturated heterocycles. The van der Waals surface area contributed by atoms with Crippen LogP contribution in [0.1, 0.15) is 37.9 Å². The van der Waals surface area contributed by atoms with Gasteiger partial charge in [0, 0.05) is 18.1 Å². The number of carbonyl (C=O) groups is 1. The van der Waals surface area contributed by atoms with Gasteiger partial charge >= 0.3 is 0 Å². The van der Waals surface area contributed by atoms with Gasteiger partial charge in [0.25, 0.3) is 5.91 Å². The number of benzene rings is 2. The van der Waals surface area contributed by atoms with Crippen LogP contribution in [0.5, 0.6) is 5.75 Å². The van der Waals surface area contributed by atoms with Crippen LogP contribution in [0, 0.1) is 0 Å². The molecular weight excluding hydrogens is 388 g/mol. The normalized spacial score (nSPS) is 12.2. The summed E-state index contributed by atoms with van der Waals surface area (Å²) in [6.07, 6.45) is 0. The van der Waals surface area contributed by atoms with E-state index in [0.717, 1.165) is 28.7 Å². The summed E-state index contributed by atoms with van der Waals surface area (Å²) in [5.74, 6) is 1.24. The molecule has 0 aliphatic carbocycles. The van der Waals surface area contributed by atoms with Crippen molar-refractivity contribution in [3.05, 3.63) is 64.7 Å². The molecule has 0 spiro atoms. The van der Waals surface area contributed by atoms with Gasteiger partial charge in [0.2, 0.25) is 0 Å². The van der Waals surface area contributed by atoms with E-state index in [4.69, 9.17) is 16.3 Å². The molecule has 0 bridgehead atoms. The molecule has 0 saturated carbocycles. The van der Waals surface area contributed by atoms with Crippen LogP contribution >= 0.6 is 11.6 Å². The minimum Gasteiger partial charge on any atom is -0.484 e. The van der Waals surface area contributed by atoms with E-state index in [2.05, 4.69) is 27.9 Å². The van der Waals surface area contributed by atoms with Gasteiger partial charge in [-0.15, -0.1) is 0 Å². The Morgan fingerprint density at radius 1 is 1.10 bits per heavy atom. The van der Waals surface area contributed by atoms with E-state index in [9.17, 15) is 4.79 Å². The smallest absolute Gasteiger partial charge is 0.257 e. The van der Waals surface area contributed by atoms with Crippen molar-refractivity contribution in [2.75, 3.05) is 19.7 Å². The molecule has 3 N–H and O–H groups in total. The zero-order chi connectivity index (χ0) is 21.1. The number of amides is 1. The first-order valence-electron chi connectivity index (χ1n) is 9.80. The largest absolute Gasteiger partial charge is 0.484 e. The summed E-state index contributed by atoms with van der Waals surface area (Å²) in [6, 6.07) is 15.4. The van der Waals surface area contributed by atoms with E-state index in [1.54, 1.807) is 0 Å². The minimum atomic E-state index is -0.134. The predicted octanol–water partition coefficient (Wildman–Crippen LogP) is 3.67. The van der Waals surface area contributed by atoms with E-state index in [0.29, 0.717) is 18.8 Å². The molecule has 29 heavy (non-hydrogen) atoms. The number of likely N-dealkylation sites (N-methyl/N-ethyl adjacent to an activating group) is 1. The van der Waals surface area contributed by atoms with Crippen molar-refractivity contribution in [1.82, 2.24) is 16.0 Å². The van der Waals surface area contributed by atoms with Crippen LogP contribution < -0.4 is 20.7 Å². The van der Waals surface area contributed by atoms with Crippen molar-refractivity contribution < 1.29 is 9.53 Å². The highest BCUT2D eigenvalue weighted by Crippen LogP contribution is 2.16. The third-order valence-electron chi connectivity index (χ3n) is 4.13. The lowest BCUT2D eigenvalue weighted by atomic mass is 10.1. The van der Waals surface area contributed by atoms with Crippen LogP contribution in [0.25, 0.3) is 0 Å². The second-order valence-corrected chi connectivity index (χ2v) is 6.94. The van der Waals surface area contributed by atoms with Crippen molar-refractivity contribution in [2.24, 2.45) is 4.99 Å². The highest BCUT2D eigenvalue weighted by molar-refractivity contribution is 6.30. The molecule has 1 atom stereocenters. The van der Waals surface area contributed by atoms with Gasteiger partial charge in [0.05, 0.1) is 12.6 Å². The van der Waals surface area contributed by atoms with E-state index in [1.807, 2.05) is 62.4 Å². The summed E-state index contributed by atoms with van der Waals surface area (Å²) in [7, 11) is 0. The third kappa shape index (κ3) is 8.03. The molecule has 2 rings (SSSR count). The molecule has 6 nitrogen and oxygen atoms in total. The van der Waals surface area contributed by atoms with E-state index >= 15 is 0 Å². The number of aliphatic imine (C=N–C) groups is 1. The number of nitrogens with zero attached hydrogens (tertiary/aromatic N) is 1. The van der Waals surface area contributed by atoms with Crippen molar-refractivity contribution in [3.8, 4) is 5.75 Å². The molecule has 0 aromatic heterocycles. The summed E-state index contributed by atoms with van der Waals surface area (Å²) in [5.41, 5.74) is 2.12. The number of halogens is 1. The van der Waals surface area contributed by atoms with Crippen molar-refractivity contribution in [3.63, 3.8) is 0 Å². The molecular formula is C22H29ClN4O2. The van der Waals surface area contributed by atoms with Gasteiger partial charge in [-0.2, -0.15) is 0 Å². The third-order valence-corrected chi connectivity index (χ3v) is 4.38. The Kier molecular flexibility index (Phi) is 9.31. The van der Waals surface area contributed by atoms with Gasteiger partial charge in [-0.1, -0.05) is 35.9 Å². The number of nitrogens with one attached hydrogen (secondary N) is 3. The monoisotopic (exact) mass is 416 g/mol. The van der Waals surface area contributed by atoms with Gasteiger partial charge in [-0.3, -0.25) is 4.79 Å². The van der Waals surface area contributed by atoms with E-state index in [1.165, 1.54) is 0 Å². The topological polar surface area (TPSA) is 74.8 Å². The molecule has 0 heterocycles. The first-order valence-corrected chi connectivity index (χ1v) is 10.2. The molecule has 0 radical (unpaired) electrons. The van der Waals surface area contributed by atoms with Gasteiger partial charge < -0.3 is 20.7 Å². The maximum Gasteiger partial charge on any atom is 0.257 e. The lowest BCUT2D eigenvalue weighted by molar-refractivity contribution is -0.122. The lowest BCUT2D eigenvalue weighted by Crippen LogP contribution is -2.38. The molecule has 2 aromatic carbocycles. The van der Waals surface area contributed by atoms with Gasteiger partial charge in [-0.25, -0.2) is 4.99 Å². The fourth-order valence-electron chi connectivity index (χ4n) is 2.66. The van der Waals surface area contributed by atoms with Crippen molar-refractivity contribution in [1.29, 1.82) is 0 Å². The van der Waals surface area contributed by atoms with Crippen LogP contribution in [0.4, 0.5) is 0 Å². The Morgan fingerprint density at radius 2 is 1.83 bits per heavy atom. The summed E-state index contributed by atoms with van der Waals surface area (Å²) in [6.45, 7) is 7.82. The first-order chi connectivity index (χ1) is 14.0. The van der Waals surface area contributed by atoms with Crippen LogP contribution in [0.15, 0.2) is 53.5 Å². The fraction of sp³-hybridized carbons (Fsp3) is 0.364. The first kappa shape index (κ1) is 22.6.